The molecule has 12 heavy (non-hydrogen) atoms. The van der Waals surface area contributed by atoms with Crippen molar-refractivity contribution in [3.63, 3.8) is 0 Å². The van der Waals surface area contributed by atoms with Gasteiger partial charge in [-0.25, -0.2) is 0 Å². The van der Waals surface area contributed by atoms with Crippen LogP contribution in [0.3, 0.4) is 0 Å². The quantitative estimate of drug-likeness (QED) is 0.413. The van der Waals surface area contributed by atoms with Crippen LogP contribution >= 0.6 is 0 Å². The molecule has 0 aromatic heterocycles. The van der Waals surface area contributed by atoms with E-state index in [2.05, 4.69) is 0 Å². The van der Waals surface area contributed by atoms with Gasteiger partial charge in [-0.15, -0.1) is 0 Å². The van der Waals surface area contributed by atoms with E-state index in [1.54, 1.807) is 0 Å². The number of rotatable bonds is 0. The molecule has 0 spiro atoms. The van der Waals surface area contributed by atoms with E-state index in [-0.39, 0.29) is 59.1 Å². The van der Waals surface area contributed by atoms with Crippen LogP contribution in [0.25, 0.3) is 0 Å². The van der Waals surface area contributed by atoms with Crippen molar-refractivity contribution in [2.24, 2.45) is 0 Å². The molecule has 12 heteroatoms. The van der Waals surface area contributed by atoms with Gasteiger partial charge in [0.1, 0.15) is 0 Å². The zero-order valence-corrected chi connectivity index (χ0v) is 8.89. The van der Waals surface area contributed by atoms with Crippen LogP contribution in [-0.4, -0.2) is 50.4 Å². The minimum Gasteiger partial charge on any atom is -0.412 e. The van der Waals surface area contributed by atoms with Gasteiger partial charge in [0.2, 0.25) is 0 Å². The molecular weight excluding hydrogens is 283 g/mol. The molecule has 0 saturated carbocycles. The van der Waals surface area contributed by atoms with Crippen LogP contribution in [0.2, 0.25) is 0 Å². The maximum Gasteiger partial charge on any atom is 0.394 e. The minimum atomic E-state index is -4.67. The number of hydrogen-bond acceptors (Lipinski definition) is 2. The fraction of sp³-hybridized carbons (Fsp3) is 0. The van der Waals surface area contributed by atoms with E-state index in [4.69, 9.17) is 17.5 Å². The van der Waals surface area contributed by atoms with Crippen LogP contribution in [-0.2, 0) is 36.6 Å². The predicted molar refractivity (Wildman–Crippen MR) is 35.9 cm³/mol. The second-order valence-electron chi connectivity index (χ2n) is 0.448. The summed E-state index contributed by atoms with van der Waals surface area (Å²) in [7, 11) is -4.67. The van der Waals surface area contributed by atoms with Crippen molar-refractivity contribution in [2.75, 3.05) is 0 Å². The Bertz CT molecular complexity index is 93.0. The average molecular weight is 297 g/mol. The first kappa shape index (κ1) is 81.4. The van der Waals surface area contributed by atoms with Crippen molar-refractivity contribution >= 4 is 10.4 Å². The van der Waals surface area contributed by atoms with E-state index < -0.39 is 10.4 Å². The normalized spacial score (nSPS) is 4.83. The first-order chi connectivity index (χ1) is 2.00. The standard InChI is InChI=1S/H2O4S.6H2O.Zr/c1-5(2,3)4;;;;;;;/h(H2,1,2,3,4);6*1H2;. The van der Waals surface area contributed by atoms with Crippen molar-refractivity contribution in [2.45, 2.75) is 0 Å². The molecule has 0 aliphatic heterocycles. The molecule has 0 bridgehead atoms. The van der Waals surface area contributed by atoms with Crippen molar-refractivity contribution in [3.8, 4) is 0 Å². The van der Waals surface area contributed by atoms with Crippen molar-refractivity contribution in [1.29, 1.82) is 0 Å². The Labute approximate surface area is 87.1 Å². The molecule has 0 saturated heterocycles. The summed E-state index contributed by atoms with van der Waals surface area (Å²) >= 11 is 0. The summed E-state index contributed by atoms with van der Waals surface area (Å²) in [6, 6.07) is 0. The third-order valence-corrected chi connectivity index (χ3v) is 0. The van der Waals surface area contributed by atoms with Gasteiger partial charge in [-0.2, -0.15) is 8.42 Å². The zero-order valence-electron chi connectivity index (χ0n) is 5.62. The largest absolute Gasteiger partial charge is 0.412 e. The van der Waals surface area contributed by atoms with Gasteiger partial charge in [0.25, 0.3) is 0 Å². The minimum absolute atomic E-state index is 0. The summed E-state index contributed by atoms with van der Waals surface area (Å²) in [5, 5.41) is 0. The summed E-state index contributed by atoms with van der Waals surface area (Å²) in [5.74, 6) is 0. The molecule has 10 nitrogen and oxygen atoms in total. The summed E-state index contributed by atoms with van der Waals surface area (Å²) in [4.78, 5) is 0. The van der Waals surface area contributed by atoms with E-state index >= 15 is 0 Å². The van der Waals surface area contributed by atoms with Gasteiger partial charge in [0, 0.05) is 26.2 Å². The SMILES string of the molecule is O.O.O.O.O.O.O=S(=O)(O)O.[Zr]. The Morgan fingerprint density at radius 1 is 0.667 bits per heavy atom. The maximum absolute atomic E-state index is 8.74. The van der Waals surface area contributed by atoms with Gasteiger partial charge in [-0.05, 0) is 0 Å². The summed E-state index contributed by atoms with van der Waals surface area (Å²) in [6.07, 6.45) is 0. The molecule has 0 amide bonds. The molecule has 0 unspecified atom stereocenters. The Morgan fingerprint density at radius 3 is 0.667 bits per heavy atom. The Morgan fingerprint density at radius 2 is 0.667 bits per heavy atom. The maximum atomic E-state index is 8.74. The molecule has 0 aliphatic rings. The first-order valence-electron chi connectivity index (χ1n) is 0.698. The second kappa shape index (κ2) is 30.0. The van der Waals surface area contributed by atoms with E-state index in [1.165, 1.54) is 0 Å². The molecule has 0 aliphatic carbocycles. The van der Waals surface area contributed by atoms with Gasteiger partial charge in [-0.3, -0.25) is 9.11 Å². The summed E-state index contributed by atoms with van der Waals surface area (Å²) < 4.78 is 31.6. The monoisotopic (exact) mass is 296 g/mol. The fourth-order valence-corrected chi connectivity index (χ4v) is 0. The zero-order chi connectivity index (χ0) is 4.50. The number of hydrogen-bond donors (Lipinski definition) is 2. The van der Waals surface area contributed by atoms with E-state index in [9.17, 15) is 0 Å². The molecule has 0 atom stereocenters. The van der Waals surface area contributed by atoms with Crippen molar-refractivity contribution in [1.82, 2.24) is 0 Å². The molecule has 14 N–H and O–H groups in total. The van der Waals surface area contributed by atoms with Crippen LogP contribution in [0, 0.1) is 0 Å². The van der Waals surface area contributed by atoms with Crippen molar-refractivity contribution in [3.05, 3.63) is 0 Å². The third-order valence-electron chi connectivity index (χ3n) is 0. The Hall–Kier alpha value is 0.513. The predicted octanol–water partition coefficient (Wildman–Crippen LogP) is -5.60. The average Bonchev–Trinajstić information content (AvgIpc) is 0.722. The van der Waals surface area contributed by atoms with Gasteiger partial charge < -0.3 is 32.9 Å². The van der Waals surface area contributed by atoms with Crippen LogP contribution in [0.4, 0.5) is 0 Å². The molecule has 0 aromatic carbocycles. The smallest absolute Gasteiger partial charge is 0.394 e. The van der Waals surface area contributed by atoms with Crippen LogP contribution in [0.15, 0.2) is 0 Å². The van der Waals surface area contributed by atoms with Crippen LogP contribution in [0.1, 0.15) is 0 Å². The van der Waals surface area contributed by atoms with Gasteiger partial charge in [0.15, 0.2) is 0 Å². The first-order valence-corrected chi connectivity index (χ1v) is 2.10. The van der Waals surface area contributed by atoms with E-state index in [1.807, 2.05) is 0 Å². The van der Waals surface area contributed by atoms with Gasteiger partial charge in [0.05, 0.1) is 0 Å². The summed E-state index contributed by atoms with van der Waals surface area (Å²) in [5.41, 5.74) is 0. The Balaban J connectivity index is -0.00000000381. The van der Waals surface area contributed by atoms with E-state index in [0.29, 0.717) is 0 Å². The third kappa shape index (κ3) is 3610. The summed E-state index contributed by atoms with van der Waals surface area (Å²) in [6.45, 7) is 0. The van der Waals surface area contributed by atoms with E-state index in [0.717, 1.165) is 0 Å². The second-order valence-corrected chi connectivity index (χ2v) is 1.34. The molecule has 0 aromatic rings. The van der Waals surface area contributed by atoms with Gasteiger partial charge >= 0.3 is 10.4 Å². The molecule has 0 rings (SSSR count). The van der Waals surface area contributed by atoms with Crippen molar-refractivity contribution < 1.29 is 76.6 Å². The molecule has 84 valence electrons. The molecule has 0 radical (unpaired) electrons. The molecule has 0 heterocycles. The molecule has 0 fully saturated rings. The topological polar surface area (TPSA) is 264 Å². The molecular formula is H14O10SZr. The fourth-order valence-electron chi connectivity index (χ4n) is 0. The van der Waals surface area contributed by atoms with Gasteiger partial charge in [-0.1, -0.05) is 0 Å². The van der Waals surface area contributed by atoms with Crippen LogP contribution < -0.4 is 0 Å². The Kier molecular flexibility index (Phi) is 204. The van der Waals surface area contributed by atoms with Crippen LogP contribution in [0.5, 0.6) is 0 Å².